The van der Waals surface area contributed by atoms with E-state index in [1.165, 1.54) is 17.5 Å². The summed E-state index contributed by atoms with van der Waals surface area (Å²) in [7, 11) is 0. The Morgan fingerprint density at radius 2 is 2.05 bits per heavy atom. The van der Waals surface area contributed by atoms with Crippen LogP contribution in [0.1, 0.15) is 42.9 Å². The third-order valence-electron chi connectivity index (χ3n) is 3.07. The van der Waals surface area contributed by atoms with Crippen LogP contribution in [-0.2, 0) is 11.3 Å². The summed E-state index contributed by atoms with van der Waals surface area (Å²) in [6.45, 7) is 7.75. The third kappa shape index (κ3) is 6.37. The number of nitrogens with zero attached hydrogens (tertiary/aromatic N) is 1. The average Bonchev–Trinajstić information content (AvgIpc) is 2.43. The summed E-state index contributed by atoms with van der Waals surface area (Å²) in [5.41, 5.74) is 3.15. The number of hydrogen-bond donors (Lipinski definition) is 1. The van der Waals surface area contributed by atoms with Gasteiger partial charge in [-0.25, -0.2) is 0 Å². The van der Waals surface area contributed by atoms with Crippen molar-refractivity contribution in [1.29, 1.82) is 5.26 Å². The van der Waals surface area contributed by atoms with Crippen molar-refractivity contribution in [2.75, 3.05) is 19.8 Å². The van der Waals surface area contributed by atoms with Gasteiger partial charge in [-0.2, -0.15) is 5.26 Å². The molecule has 0 bridgehead atoms. The van der Waals surface area contributed by atoms with E-state index >= 15 is 0 Å². The van der Waals surface area contributed by atoms with Crippen molar-refractivity contribution in [2.45, 2.75) is 39.7 Å². The monoisotopic (exact) mass is 260 g/mol. The van der Waals surface area contributed by atoms with Crippen molar-refractivity contribution in [2.24, 2.45) is 0 Å². The highest BCUT2D eigenvalue weighted by Crippen LogP contribution is 2.10. The van der Waals surface area contributed by atoms with Crippen molar-refractivity contribution in [3.63, 3.8) is 0 Å². The smallest absolute Gasteiger partial charge is 0.0991 e. The first-order chi connectivity index (χ1) is 9.27. The van der Waals surface area contributed by atoms with Crippen LogP contribution in [-0.4, -0.2) is 19.8 Å². The second-order valence-corrected chi connectivity index (χ2v) is 4.75. The number of benzene rings is 1. The molecule has 19 heavy (non-hydrogen) atoms. The number of aryl methyl sites for hydroxylation is 1. The summed E-state index contributed by atoms with van der Waals surface area (Å²) >= 11 is 0. The zero-order valence-electron chi connectivity index (χ0n) is 12.0. The van der Waals surface area contributed by atoms with Gasteiger partial charge in [-0.3, -0.25) is 0 Å². The SMILES string of the molecule is CCCCOCCCNCc1ccc(C#N)cc1C. The largest absolute Gasteiger partial charge is 0.381 e. The number of nitrogens with one attached hydrogen (secondary N) is 1. The molecule has 3 heteroatoms. The number of rotatable bonds is 9. The molecule has 0 saturated heterocycles. The van der Waals surface area contributed by atoms with Crippen molar-refractivity contribution < 1.29 is 4.74 Å². The molecule has 0 aliphatic heterocycles. The van der Waals surface area contributed by atoms with E-state index in [1.54, 1.807) is 0 Å². The van der Waals surface area contributed by atoms with Crippen LogP contribution in [0.2, 0.25) is 0 Å². The molecule has 0 spiro atoms. The van der Waals surface area contributed by atoms with Gasteiger partial charge in [0, 0.05) is 19.8 Å². The predicted octanol–water partition coefficient (Wildman–Crippen LogP) is 3.16. The van der Waals surface area contributed by atoms with E-state index in [4.69, 9.17) is 10.00 Å². The van der Waals surface area contributed by atoms with E-state index in [0.717, 1.165) is 44.7 Å². The van der Waals surface area contributed by atoms with Crippen LogP contribution in [0, 0.1) is 18.3 Å². The first kappa shape index (κ1) is 15.7. The lowest BCUT2D eigenvalue weighted by Crippen LogP contribution is -2.17. The lowest BCUT2D eigenvalue weighted by atomic mass is 10.1. The molecular weight excluding hydrogens is 236 g/mol. The molecular formula is C16H24N2O. The van der Waals surface area contributed by atoms with Crippen molar-refractivity contribution in [3.8, 4) is 6.07 Å². The summed E-state index contributed by atoms with van der Waals surface area (Å²) in [4.78, 5) is 0. The van der Waals surface area contributed by atoms with E-state index in [-0.39, 0.29) is 0 Å². The fraction of sp³-hybridized carbons (Fsp3) is 0.562. The lowest BCUT2D eigenvalue weighted by molar-refractivity contribution is 0.129. The molecule has 0 aliphatic rings. The topological polar surface area (TPSA) is 45.0 Å². The summed E-state index contributed by atoms with van der Waals surface area (Å²) < 4.78 is 5.50. The molecule has 1 aromatic rings. The van der Waals surface area contributed by atoms with E-state index in [2.05, 4.69) is 18.3 Å². The third-order valence-corrected chi connectivity index (χ3v) is 3.07. The quantitative estimate of drug-likeness (QED) is 0.694. The fourth-order valence-corrected chi connectivity index (χ4v) is 1.83. The van der Waals surface area contributed by atoms with Gasteiger partial charge in [0.25, 0.3) is 0 Å². The Bertz CT molecular complexity index is 410. The molecule has 1 aromatic carbocycles. The second-order valence-electron chi connectivity index (χ2n) is 4.75. The van der Waals surface area contributed by atoms with E-state index in [1.807, 2.05) is 25.1 Å². The van der Waals surface area contributed by atoms with Crippen molar-refractivity contribution >= 4 is 0 Å². The van der Waals surface area contributed by atoms with Crippen LogP contribution >= 0.6 is 0 Å². The Balaban J connectivity index is 2.14. The van der Waals surface area contributed by atoms with Gasteiger partial charge in [0.2, 0.25) is 0 Å². The molecule has 0 amide bonds. The zero-order valence-corrected chi connectivity index (χ0v) is 12.0. The van der Waals surface area contributed by atoms with Gasteiger partial charge in [-0.1, -0.05) is 19.4 Å². The van der Waals surface area contributed by atoms with Crippen molar-refractivity contribution in [1.82, 2.24) is 5.32 Å². The Kier molecular flexibility index (Phi) is 7.88. The Morgan fingerprint density at radius 1 is 1.26 bits per heavy atom. The van der Waals surface area contributed by atoms with Gasteiger partial charge in [0.1, 0.15) is 0 Å². The molecule has 0 radical (unpaired) electrons. The molecule has 0 atom stereocenters. The maximum atomic E-state index is 8.81. The molecule has 0 unspecified atom stereocenters. The van der Waals surface area contributed by atoms with Gasteiger partial charge in [-0.05, 0) is 49.6 Å². The first-order valence-corrected chi connectivity index (χ1v) is 7.06. The van der Waals surface area contributed by atoms with E-state index in [0.29, 0.717) is 0 Å². The molecule has 0 heterocycles. The maximum absolute atomic E-state index is 8.81. The molecule has 1 N–H and O–H groups in total. The standard InChI is InChI=1S/C16H24N2O/c1-3-4-9-19-10-5-8-18-13-16-7-6-15(12-17)11-14(16)2/h6-7,11,18H,3-5,8-10,13H2,1-2H3. The Morgan fingerprint density at radius 3 is 2.74 bits per heavy atom. The molecule has 0 aliphatic carbocycles. The predicted molar refractivity (Wildman–Crippen MR) is 77.9 cm³/mol. The highest BCUT2D eigenvalue weighted by Gasteiger charge is 1.99. The van der Waals surface area contributed by atoms with Gasteiger partial charge in [0.15, 0.2) is 0 Å². The number of hydrogen-bond acceptors (Lipinski definition) is 3. The van der Waals surface area contributed by atoms with Gasteiger partial charge in [-0.15, -0.1) is 0 Å². The number of nitriles is 1. The minimum atomic E-state index is 0.727. The summed E-state index contributed by atoms with van der Waals surface area (Å²) in [5, 5.41) is 12.2. The van der Waals surface area contributed by atoms with Crippen molar-refractivity contribution in [3.05, 3.63) is 34.9 Å². The van der Waals surface area contributed by atoms with Crippen LogP contribution in [0.25, 0.3) is 0 Å². The summed E-state index contributed by atoms with van der Waals surface area (Å²) in [6, 6.07) is 7.99. The molecule has 0 fully saturated rings. The van der Waals surface area contributed by atoms with Crippen LogP contribution in [0.5, 0.6) is 0 Å². The number of ether oxygens (including phenoxy) is 1. The minimum Gasteiger partial charge on any atom is -0.381 e. The van der Waals surface area contributed by atoms with Gasteiger partial charge >= 0.3 is 0 Å². The van der Waals surface area contributed by atoms with Gasteiger partial charge < -0.3 is 10.1 Å². The molecule has 0 saturated carbocycles. The molecule has 0 aromatic heterocycles. The average molecular weight is 260 g/mol. The molecule has 3 nitrogen and oxygen atoms in total. The van der Waals surface area contributed by atoms with Gasteiger partial charge in [0.05, 0.1) is 11.6 Å². The highest BCUT2D eigenvalue weighted by molar-refractivity contribution is 5.37. The van der Waals surface area contributed by atoms with E-state index < -0.39 is 0 Å². The first-order valence-electron chi connectivity index (χ1n) is 7.06. The van der Waals surface area contributed by atoms with Crippen LogP contribution in [0.15, 0.2) is 18.2 Å². The molecule has 104 valence electrons. The van der Waals surface area contributed by atoms with Crippen LogP contribution < -0.4 is 5.32 Å². The Labute approximate surface area is 116 Å². The maximum Gasteiger partial charge on any atom is 0.0991 e. The zero-order chi connectivity index (χ0) is 13.9. The summed E-state index contributed by atoms with van der Waals surface area (Å²) in [6.07, 6.45) is 3.38. The van der Waals surface area contributed by atoms with Crippen LogP contribution in [0.3, 0.4) is 0 Å². The molecule has 1 rings (SSSR count). The normalized spacial score (nSPS) is 10.4. The minimum absolute atomic E-state index is 0.727. The second kappa shape index (κ2) is 9.55. The lowest BCUT2D eigenvalue weighted by Gasteiger charge is -2.08. The van der Waals surface area contributed by atoms with Crippen LogP contribution in [0.4, 0.5) is 0 Å². The fourth-order valence-electron chi connectivity index (χ4n) is 1.83. The number of unbranched alkanes of at least 4 members (excludes halogenated alkanes) is 1. The van der Waals surface area contributed by atoms with E-state index in [9.17, 15) is 0 Å². The Hall–Kier alpha value is -1.37. The highest BCUT2D eigenvalue weighted by atomic mass is 16.5. The summed E-state index contributed by atoms with van der Waals surface area (Å²) in [5.74, 6) is 0.